The second kappa shape index (κ2) is 7.47. The molecule has 0 radical (unpaired) electrons. The van der Waals surface area contributed by atoms with Crippen molar-refractivity contribution in [1.29, 1.82) is 0 Å². The van der Waals surface area contributed by atoms with Gasteiger partial charge in [0.15, 0.2) is 0 Å². The lowest BCUT2D eigenvalue weighted by Gasteiger charge is -2.15. The molecule has 0 atom stereocenters. The second-order valence-electron chi connectivity index (χ2n) is 3.75. The molecule has 0 saturated heterocycles. The molecule has 0 spiro atoms. The number of hydrogen-bond acceptors (Lipinski definition) is 3. The third-order valence-electron chi connectivity index (χ3n) is 2.25. The standard InChI is InChI=1S/C12H13ClF3NO3/c1-19-5-6-20-7-10(18)17-11-8(12(14,15)16)3-2-4-9(11)13/h2-4H,5-7H2,1H3,(H,17,18). The Kier molecular flexibility index (Phi) is 6.25. The van der Waals surface area contributed by atoms with Gasteiger partial charge in [-0.25, -0.2) is 0 Å². The lowest BCUT2D eigenvalue weighted by atomic mass is 10.1. The summed E-state index contributed by atoms with van der Waals surface area (Å²) in [7, 11) is 1.46. The van der Waals surface area contributed by atoms with E-state index in [4.69, 9.17) is 21.1 Å². The van der Waals surface area contributed by atoms with Crippen LogP contribution >= 0.6 is 11.6 Å². The number of rotatable bonds is 6. The third-order valence-corrected chi connectivity index (χ3v) is 2.56. The zero-order chi connectivity index (χ0) is 15.2. The number of alkyl halides is 3. The maximum atomic E-state index is 12.8. The molecule has 1 amide bonds. The Morgan fingerprint density at radius 3 is 2.65 bits per heavy atom. The summed E-state index contributed by atoms with van der Waals surface area (Å²) in [5.74, 6) is -0.722. The molecule has 1 aromatic rings. The van der Waals surface area contributed by atoms with E-state index in [9.17, 15) is 18.0 Å². The summed E-state index contributed by atoms with van der Waals surface area (Å²) in [4.78, 5) is 11.5. The first kappa shape index (κ1) is 16.7. The maximum absolute atomic E-state index is 12.8. The summed E-state index contributed by atoms with van der Waals surface area (Å²) in [6.07, 6.45) is -4.61. The lowest BCUT2D eigenvalue weighted by Crippen LogP contribution is -2.22. The van der Waals surface area contributed by atoms with Gasteiger partial charge in [0.25, 0.3) is 0 Å². The normalized spacial score (nSPS) is 11.4. The van der Waals surface area contributed by atoms with Crippen molar-refractivity contribution in [2.45, 2.75) is 6.18 Å². The zero-order valence-electron chi connectivity index (χ0n) is 10.6. The molecular weight excluding hydrogens is 299 g/mol. The molecule has 0 aromatic heterocycles. The van der Waals surface area contributed by atoms with Crippen molar-refractivity contribution >= 4 is 23.2 Å². The molecule has 1 aromatic carbocycles. The molecule has 112 valence electrons. The first-order valence-corrected chi connectivity index (χ1v) is 5.96. The minimum atomic E-state index is -4.61. The number of amides is 1. The largest absolute Gasteiger partial charge is 0.418 e. The summed E-state index contributed by atoms with van der Waals surface area (Å²) in [5, 5.41) is 1.92. The minimum absolute atomic E-state index is 0.165. The molecule has 1 N–H and O–H groups in total. The number of nitrogens with one attached hydrogen (secondary N) is 1. The number of para-hydroxylation sites is 1. The molecule has 4 nitrogen and oxygen atoms in total. The van der Waals surface area contributed by atoms with Crippen molar-refractivity contribution in [2.75, 3.05) is 32.2 Å². The fourth-order valence-electron chi connectivity index (χ4n) is 1.37. The van der Waals surface area contributed by atoms with Gasteiger partial charge in [-0.3, -0.25) is 4.79 Å². The molecule has 0 saturated carbocycles. The molecule has 0 unspecified atom stereocenters. The molecule has 0 heterocycles. The summed E-state index contributed by atoms with van der Waals surface area (Å²) < 4.78 is 47.9. The van der Waals surface area contributed by atoms with Gasteiger partial charge in [-0.1, -0.05) is 17.7 Å². The molecule has 0 fully saturated rings. The zero-order valence-corrected chi connectivity index (χ0v) is 11.3. The number of anilines is 1. The number of ether oxygens (including phenoxy) is 2. The SMILES string of the molecule is COCCOCC(=O)Nc1c(Cl)cccc1C(F)(F)F. The molecule has 0 bridgehead atoms. The number of hydrogen-bond donors (Lipinski definition) is 1. The van der Waals surface area contributed by atoms with E-state index < -0.39 is 23.3 Å². The van der Waals surface area contributed by atoms with Gasteiger partial charge in [-0.05, 0) is 12.1 Å². The topological polar surface area (TPSA) is 47.6 Å². The van der Waals surface area contributed by atoms with Crippen LogP contribution in [-0.4, -0.2) is 32.8 Å². The van der Waals surface area contributed by atoms with Crippen LogP contribution in [-0.2, 0) is 20.4 Å². The predicted octanol–water partition coefficient (Wildman–Crippen LogP) is 2.96. The first-order valence-electron chi connectivity index (χ1n) is 5.58. The smallest absolute Gasteiger partial charge is 0.382 e. The average Bonchev–Trinajstić information content (AvgIpc) is 2.36. The number of halogens is 4. The van der Waals surface area contributed by atoms with E-state index in [1.165, 1.54) is 13.2 Å². The highest BCUT2D eigenvalue weighted by atomic mass is 35.5. The highest BCUT2D eigenvalue weighted by molar-refractivity contribution is 6.34. The van der Waals surface area contributed by atoms with Gasteiger partial charge in [0.05, 0.1) is 29.5 Å². The Hall–Kier alpha value is -1.31. The van der Waals surface area contributed by atoms with Gasteiger partial charge >= 0.3 is 6.18 Å². The fourth-order valence-corrected chi connectivity index (χ4v) is 1.59. The van der Waals surface area contributed by atoms with Gasteiger partial charge in [0.2, 0.25) is 5.91 Å². The van der Waals surface area contributed by atoms with Crippen molar-refractivity contribution in [3.63, 3.8) is 0 Å². The first-order chi connectivity index (χ1) is 9.36. The van der Waals surface area contributed by atoms with Crippen LogP contribution < -0.4 is 5.32 Å². The van der Waals surface area contributed by atoms with Gasteiger partial charge in [-0.15, -0.1) is 0 Å². The van der Waals surface area contributed by atoms with Crippen molar-refractivity contribution < 1.29 is 27.4 Å². The van der Waals surface area contributed by atoms with Crippen LogP contribution in [0.1, 0.15) is 5.56 Å². The summed E-state index contributed by atoms with van der Waals surface area (Å²) in [6.45, 7) is 0.0671. The van der Waals surface area contributed by atoms with E-state index in [1.54, 1.807) is 0 Å². The Morgan fingerprint density at radius 2 is 2.05 bits per heavy atom. The molecular formula is C12H13ClF3NO3. The van der Waals surface area contributed by atoms with E-state index in [0.29, 0.717) is 0 Å². The number of methoxy groups -OCH3 is 1. The molecule has 1 rings (SSSR count). The highest BCUT2D eigenvalue weighted by Crippen LogP contribution is 2.38. The minimum Gasteiger partial charge on any atom is -0.382 e. The maximum Gasteiger partial charge on any atom is 0.418 e. The Morgan fingerprint density at radius 1 is 1.35 bits per heavy atom. The van der Waals surface area contributed by atoms with E-state index in [-0.39, 0.29) is 24.8 Å². The predicted molar refractivity (Wildman–Crippen MR) is 67.8 cm³/mol. The van der Waals surface area contributed by atoms with Crippen molar-refractivity contribution in [3.05, 3.63) is 28.8 Å². The lowest BCUT2D eigenvalue weighted by molar-refractivity contribution is -0.137. The second-order valence-corrected chi connectivity index (χ2v) is 4.16. The molecule has 0 aliphatic heterocycles. The van der Waals surface area contributed by atoms with Gasteiger partial charge in [0, 0.05) is 7.11 Å². The summed E-state index contributed by atoms with van der Waals surface area (Å²) >= 11 is 5.69. The third kappa shape index (κ3) is 4.99. The van der Waals surface area contributed by atoms with E-state index in [1.807, 2.05) is 0 Å². The molecule has 20 heavy (non-hydrogen) atoms. The summed E-state index contributed by atoms with van der Waals surface area (Å²) in [6, 6.07) is 3.27. The van der Waals surface area contributed by atoms with Crippen LogP contribution in [0.5, 0.6) is 0 Å². The van der Waals surface area contributed by atoms with Gasteiger partial charge in [0.1, 0.15) is 6.61 Å². The number of benzene rings is 1. The van der Waals surface area contributed by atoms with Crippen molar-refractivity contribution in [3.8, 4) is 0 Å². The number of carbonyl (C=O) groups excluding carboxylic acids is 1. The highest BCUT2D eigenvalue weighted by Gasteiger charge is 2.34. The quantitative estimate of drug-likeness (QED) is 0.822. The van der Waals surface area contributed by atoms with E-state index >= 15 is 0 Å². The summed E-state index contributed by atoms with van der Waals surface area (Å²) in [5.41, 5.74) is -1.47. The Balaban J connectivity index is 2.74. The monoisotopic (exact) mass is 311 g/mol. The molecule has 0 aliphatic rings. The van der Waals surface area contributed by atoms with Crippen LogP contribution in [0.2, 0.25) is 5.02 Å². The van der Waals surface area contributed by atoms with Gasteiger partial charge in [-0.2, -0.15) is 13.2 Å². The van der Waals surface area contributed by atoms with E-state index in [0.717, 1.165) is 12.1 Å². The fraction of sp³-hybridized carbons (Fsp3) is 0.417. The van der Waals surface area contributed by atoms with Crippen LogP contribution in [0.3, 0.4) is 0 Å². The van der Waals surface area contributed by atoms with Crippen LogP contribution in [0.4, 0.5) is 18.9 Å². The van der Waals surface area contributed by atoms with Crippen LogP contribution in [0.25, 0.3) is 0 Å². The molecule has 8 heteroatoms. The van der Waals surface area contributed by atoms with Crippen LogP contribution in [0, 0.1) is 0 Å². The Bertz CT molecular complexity index is 466. The van der Waals surface area contributed by atoms with Crippen LogP contribution in [0.15, 0.2) is 18.2 Å². The Labute approximate surface area is 118 Å². The van der Waals surface area contributed by atoms with Crippen molar-refractivity contribution in [1.82, 2.24) is 0 Å². The number of carbonyl (C=O) groups is 1. The van der Waals surface area contributed by atoms with E-state index in [2.05, 4.69) is 5.32 Å². The molecule has 0 aliphatic carbocycles. The average molecular weight is 312 g/mol. The van der Waals surface area contributed by atoms with Gasteiger partial charge < -0.3 is 14.8 Å². The van der Waals surface area contributed by atoms with Crippen molar-refractivity contribution in [2.24, 2.45) is 0 Å².